The van der Waals surface area contributed by atoms with E-state index in [1.165, 1.54) is 0 Å². The highest BCUT2D eigenvalue weighted by atomic mass is 16.4. The molecule has 1 aromatic carbocycles. The minimum atomic E-state index is -0.945. The fourth-order valence-corrected chi connectivity index (χ4v) is 2.69. The number of carbonyl (C=O) groups is 2. The summed E-state index contributed by atoms with van der Waals surface area (Å²) >= 11 is 0. The molecule has 4 heteroatoms. The topological polar surface area (TPSA) is 57.6 Å². The molecule has 1 fully saturated rings. The second-order valence-corrected chi connectivity index (χ2v) is 5.41. The molecule has 0 aliphatic carbocycles. The first-order valence-electron chi connectivity index (χ1n) is 6.59. The molecule has 1 aliphatic rings. The summed E-state index contributed by atoms with van der Waals surface area (Å²) in [5.74, 6) is -0.256. The lowest BCUT2D eigenvalue weighted by Crippen LogP contribution is -2.35. The van der Waals surface area contributed by atoms with Gasteiger partial charge in [0.25, 0.3) is 0 Å². The SMILES string of the molecule is CC1CC(C)N(C(=O)Cc2ccc(C(=O)O)cc2)C1. The lowest BCUT2D eigenvalue weighted by Gasteiger charge is -2.21. The molecule has 1 N–H and O–H groups in total. The largest absolute Gasteiger partial charge is 0.478 e. The van der Waals surface area contributed by atoms with E-state index in [1.807, 2.05) is 4.90 Å². The van der Waals surface area contributed by atoms with Gasteiger partial charge < -0.3 is 10.0 Å². The summed E-state index contributed by atoms with van der Waals surface area (Å²) < 4.78 is 0. The molecule has 2 rings (SSSR count). The predicted molar refractivity (Wildman–Crippen MR) is 72.1 cm³/mol. The van der Waals surface area contributed by atoms with Crippen LogP contribution in [0.25, 0.3) is 0 Å². The third-order valence-corrected chi connectivity index (χ3v) is 3.66. The zero-order chi connectivity index (χ0) is 14.0. The summed E-state index contributed by atoms with van der Waals surface area (Å²) in [5, 5.41) is 8.82. The van der Waals surface area contributed by atoms with Crippen LogP contribution in [-0.4, -0.2) is 34.5 Å². The van der Waals surface area contributed by atoms with Crippen LogP contribution in [-0.2, 0) is 11.2 Å². The fourth-order valence-electron chi connectivity index (χ4n) is 2.69. The van der Waals surface area contributed by atoms with Gasteiger partial charge in [0.2, 0.25) is 5.91 Å². The second-order valence-electron chi connectivity index (χ2n) is 5.41. The molecule has 2 atom stereocenters. The molecule has 1 aliphatic heterocycles. The van der Waals surface area contributed by atoms with Crippen molar-refractivity contribution in [3.63, 3.8) is 0 Å². The van der Waals surface area contributed by atoms with E-state index in [0.717, 1.165) is 18.5 Å². The Hall–Kier alpha value is -1.84. The van der Waals surface area contributed by atoms with Crippen molar-refractivity contribution in [2.45, 2.75) is 32.7 Å². The summed E-state index contributed by atoms with van der Waals surface area (Å²) in [4.78, 5) is 24.9. The Labute approximate surface area is 113 Å². The standard InChI is InChI=1S/C15H19NO3/c1-10-7-11(2)16(9-10)14(17)8-12-3-5-13(6-4-12)15(18)19/h3-6,10-11H,7-9H2,1-2H3,(H,18,19). The summed E-state index contributed by atoms with van der Waals surface area (Å²) in [5.41, 5.74) is 1.11. The van der Waals surface area contributed by atoms with E-state index >= 15 is 0 Å². The molecule has 1 amide bonds. The van der Waals surface area contributed by atoms with Crippen molar-refractivity contribution >= 4 is 11.9 Å². The molecule has 0 saturated carbocycles. The number of nitrogens with zero attached hydrogens (tertiary/aromatic N) is 1. The van der Waals surface area contributed by atoms with Gasteiger partial charge in [-0.25, -0.2) is 4.79 Å². The van der Waals surface area contributed by atoms with Crippen LogP contribution >= 0.6 is 0 Å². The maximum absolute atomic E-state index is 12.2. The number of likely N-dealkylation sites (tertiary alicyclic amines) is 1. The Morgan fingerprint density at radius 1 is 1.26 bits per heavy atom. The second kappa shape index (κ2) is 5.43. The summed E-state index contributed by atoms with van der Waals surface area (Å²) in [6.45, 7) is 5.06. The Kier molecular flexibility index (Phi) is 3.88. The Bertz CT molecular complexity index is 481. The van der Waals surface area contributed by atoms with E-state index in [9.17, 15) is 9.59 Å². The minimum absolute atomic E-state index is 0.125. The van der Waals surface area contributed by atoms with Crippen LogP contribution in [0.1, 0.15) is 36.2 Å². The van der Waals surface area contributed by atoms with E-state index in [0.29, 0.717) is 18.4 Å². The molecule has 19 heavy (non-hydrogen) atoms. The lowest BCUT2D eigenvalue weighted by atomic mass is 10.1. The van der Waals surface area contributed by atoms with Gasteiger partial charge >= 0.3 is 5.97 Å². The van der Waals surface area contributed by atoms with Crippen molar-refractivity contribution in [1.29, 1.82) is 0 Å². The number of rotatable bonds is 3. The molecule has 102 valence electrons. The third kappa shape index (κ3) is 3.13. The van der Waals surface area contributed by atoms with E-state index in [1.54, 1.807) is 24.3 Å². The number of amides is 1. The third-order valence-electron chi connectivity index (χ3n) is 3.66. The highest BCUT2D eigenvalue weighted by molar-refractivity contribution is 5.87. The Balaban J connectivity index is 2.01. The van der Waals surface area contributed by atoms with Crippen LogP contribution in [0.3, 0.4) is 0 Å². The zero-order valence-corrected chi connectivity index (χ0v) is 11.3. The van der Waals surface area contributed by atoms with Crippen LogP contribution in [0, 0.1) is 5.92 Å². The summed E-state index contributed by atoms with van der Waals surface area (Å²) in [6.07, 6.45) is 1.40. The van der Waals surface area contributed by atoms with Crippen molar-refractivity contribution in [2.75, 3.05) is 6.54 Å². The first kappa shape index (κ1) is 13.6. The molecule has 4 nitrogen and oxygen atoms in total. The van der Waals surface area contributed by atoms with Gasteiger partial charge in [0, 0.05) is 12.6 Å². The molecular weight excluding hydrogens is 242 g/mol. The van der Waals surface area contributed by atoms with Crippen LogP contribution in [0.2, 0.25) is 0 Å². The van der Waals surface area contributed by atoms with Gasteiger partial charge in [0.05, 0.1) is 12.0 Å². The van der Waals surface area contributed by atoms with Gasteiger partial charge in [-0.15, -0.1) is 0 Å². The summed E-state index contributed by atoms with van der Waals surface area (Å²) in [7, 11) is 0. The number of benzene rings is 1. The molecule has 1 heterocycles. The molecule has 0 bridgehead atoms. The van der Waals surface area contributed by atoms with Gasteiger partial charge in [0.1, 0.15) is 0 Å². The minimum Gasteiger partial charge on any atom is -0.478 e. The summed E-state index contributed by atoms with van der Waals surface area (Å²) in [6, 6.07) is 6.82. The van der Waals surface area contributed by atoms with Crippen molar-refractivity contribution in [1.82, 2.24) is 4.90 Å². The van der Waals surface area contributed by atoms with Gasteiger partial charge in [-0.3, -0.25) is 4.79 Å². The molecule has 0 spiro atoms. The van der Waals surface area contributed by atoms with Gasteiger partial charge in [-0.2, -0.15) is 0 Å². The van der Waals surface area contributed by atoms with Crippen molar-refractivity contribution in [3.8, 4) is 0 Å². The van der Waals surface area contributed by atoms with E-state index in [-0.39, 0.29) is 11.5 Å². The molecule has 1 saturated heterocycles. The number of carboxylic acid groups (broad SMARTS) is 1. The van der Waals surface area contributed by atoms with E-state index < -0.39 is 5.97 Å². The van der Waals surface area contributed by atoms with Gasteiger partial charge in [0.15, 0.2) is 0 Å². The number of carbonyl (C=O) groups excluding carboxylic acids is 1. The zero-order valence-electron chi connectivity index (χ0n) is 11.3. The predicted octanol–water partition coefficient (Wildman–Crippen LogP) is 2.18. The van der Waals surface area contributed by atoms with Crippen LogP contribution in [0.5, 0.6) is 0 Å². The highest BCUT2D eigenvalue weighted by Gasteiger charge is 2.29. The average Bonchev–Trinajstić information content (AvgIpc) is 2.69. The maximum atomic E-state index is 12.2. The van der Waals surface area contributed by atoms with Crippen molar-refractivity contribution < 1.29 is 14.7 Å². The van der Waals surface area contributed by atoms with Crippen molar-refractivity contribution in [3.05, 3.63) is 35.4 Å². The lowest BCUT2D eigenvalue weighted by molar-refractivity contribution is -0.131. The number of hydrogen-bond acceptors (Lipinski definition) is 2. The Morgan fingerprint density at radius 2 is 1.89 bits per heavy atom. The van der Waals surface area contributed by atoms with Crippen LogP contribution in [0.15, 0.2) is 24.3 Å². The van der Waals surface area contributed by atoms with Crippen LogP contribution < -0.4 is 0 Å². The number of hydrogen-bond donors (Lipinski definition) is 1. The van der Waals surface area contributed by atoms with E-state index in [2.05, 4.69) is 13.8 Å². The van der Waals surface area contributed by atoms with Crippen molar-refractivity contribution in [2.24, 2.45) is 5.92 Å². The fraction of sp³-hybridized carbons (Fsp3) is 0.467. The normalized spacial score (nSPS) is 22.5. The van der Waals surface area contributed by atoms with E-state index in [4.69, 9.17) is 5.11 Å². The first-order valence-corrected chi connectivity index (χ1v) is 6.59. The molecule has 1 aromatic rings. The van der Waals surface area contributed by atoms with Crippen LogP contribution in [0.4, 0.5) is 0 Å². The molecular formula is C15H19NO3. The molecule has 0 radical (unpaired) electrons. The highest BCUT2D eigenvalue weighted by Crippen LogP contribution is 2.23. The number of carboxylic acids is 1. The number of aromatic carboxylic acids is 1. The smallest absolute Gasteiger partial charge is 0.335 e. The first-order chi connectivity index (χ1) is 8.97. The average molecular weight is 261 g/mol. The van der Waals surface area contributed by atoms with Gasteiger partial charge in [-0.05, 0) is 37.0 Å². The monoisotopic (exact) mass is 261 g/mol. The van der Waals surface area contributed by atoms with Gasteiger partial charge in [-0.1, -0.05) is 19.1 Å². The Morgan fingerprint density at radius 3 is 2.37 bits per heavy atom. The molecule has 2 unspecified atom stereocenters. The molecule has 0 aromatic heterocycles. The quantitative estimate of drug-likeness (QED) is 0.907. The maximum Gasteiger partial charge on any atom is 0.335 e.